The summed E-state index contributed by atoms with van der Waals surface area (Å²) in [7, 11) is -4.13. The first-order chi connectivity index (χ1) is 19.2. The van der Waals surface area contributed by atoms with E-state index in [0.29, 0.717) is 27.8 Å². The van der Waals surface area contributed by atoms with Crippen molar-refractivity contribution in [3.63, 3.8) is 0 Å². The molecule has 0 saturated heterocycles. The van der Waals surface area contributed by atoms with Crippen LogP contribution in [0.25, 0.3) is 0 Å². The lowest BCUT2D eigenvalue weighted by molar-refractivity contribution is -0.139. The largest absolute Gasteiger partial charge is 0.354 e. The molecule has 1 N–H and O–H groups in total. The number of carbonyl (C=O) groups excluding carboxylic acids is 2. The van der Waals surface area contributed by atoms with Crippen LogP contribution in [0.1, 0.15) is 43.0 Å². The van der Waals surface area contributed by atoms with Gasteiger partial charge in [-0.1, -0.05) is 66.9 Å². The van der Waals surface area contributed by atoms with Crippen molar-refractivity contribution in [2.75, 3.05) is 17.4 Å². The predicted molar refractivity (Wildman–Crippen MR) is 166 cm³/mol. The number of amides is 2. The molecule has 0 aliphatic rings. The zero-order chi connectivity index (χ0) is 30.5. The minimum Gasteiger partial charge on any atom is -0.354 e. The third-order valence-corrected chi connectivity index (χ3v) is 9.38. The molecule has 220 valence electrons. The number of nitrogens with one attached hydrogen (secondary N) is 1. The molecule has 0 aliphatic heterocycles. The summed E-state index contributed by atoms with van der Waals surface area (Å²) in [5.74, 6) is -0.672. The van der Waals surface area contributed by atoms with Crippen LogP contribution in [-0.2, 0) is 26.2 Å². The number of nitrogens with zero attached hydrogens (tertiary/aromatic N) is 2. The van der Waals surface area contributed by atoms with Gasteiger partial charge >= 0.3 is 0 Å². The second-order valence-electron chi connectivity index (χ2n) is 10.7. The highest BCUT2D eigenvalue weighted by Gasteiger charge is 2.32. The minimum atomic E-state index is -4.13. The maximum Gasteiger partial charge on any atom is 0.264 e. The van der Waals surface area contributed by atoms with Crippen molar-refractivity contribution in [2.24, 2.45) is 5.92 Å². The first-order valence-electron chi connectivity index (χ1n) is 13.4. The Balaban J connectivity index is 2.05. The normalized spacial score (nSPS) is 12.2. The zero-order valence-electron chi connectivity index (χ0n) is 24.2. The van der Waals surface area contributed by atoms with Gasteiger partial charge in [0.15, 0.2) is 0 Å². The van der Waals surface area contributed by atoms with Crippen LogP contribution in [0, 0.1) is 26.7 Å². The smallest absolute Gasteiger partial charge is 0.264 e. The van der Waals surface area contributed by atoms with E-state index in [2.05, 4.69) is 5.32 Å². The number of anilines is 1. The maximum atomic E-state index is 14.0. The molecule has 0 aromatic heterocycles. The molecule has 0 aliphatic carbocycles. The summed E-state index contributed by atoms with van der Waals surface area (Å²) < 4.78 is 29.0. The van der Waals surface area contributed by atoms with E-state index < -0.39 is 28.5 Å². The van der Waals surface area contributed by atoms with Crippen molar-refractivity contribution < 1.29 is 18.0 Å². The van der Waals surface area contributed by atoms with Gasteiger partial charge in [0, 0.05) is 13.1 Å². The molecule has 0 saturated carbocycles. The fourth-order valence-corrected chi connectivity index (χ4v) is 5.84. The predicted octanol–water partition coefficient (Wildman–Crippen LogP) is 6.30. The molecule has 3 aromatic carbocycles. The molecule has 2 amide bonds. The molecule has 0 bridgehead atoms. The Morgan fingerprint density at radius 2 is 1.51 bits per heavy atom. The van der Waals surface area contributed by atoms with Crippen LogP contribution in [-0.4, -0.2) is 44.3 Å². The van der Waals surface area contributed by atoms with Crippen molar-refractivity contribution in [2.45, 2.75) is 59.0 Å². The summed E-state index contributed by atoms with van der Waals surface area (Å²) in [5.41, 5.74) is 3.79. The monoisotopic (exact) mass is 617 g/mol. The molecular formula is C31H37Cl2N3O4S. The molecule has 0 radical (unpaired) electrons. The standard InChI is InChI=1S/C31H37Cl2N3O4S/c1-20(2)17-34-31(38)24(6)35(18-25-10-14-28(32)29(33)16-25)30(37)19-36(26-11-9-22(4)23(5)15-26)41(39,40)27-12-7-21(3)8-13-27/h7-16,20,24H,17-19H2,1-6H3,(H,34,38)/t24-/m0/s1. The third kappa shape index (κ3) is 8.24. The van der Waals surface area contributed by atoms with Crippen molar-refractivity contribution in [1.82, 2.24) is 10.2 Å². The van der Waals surface area contributed by atoms with Gasteiger partial charge in [0.2, 0.25) is 11.8 Å². The Bertz CT molecular complexity index is 1510. The molecule has 3 rings (SSSR count). The summed E-state index contributed by atoms with van der Waals surface area (Å²) in [4.78, 5) is 28.6. The molecule has 7 nitrogen and oxygen atoms in total. The second kappa shape index (κ2) is 13.7. The van der Waals surface area contributed by atoms with Gasteiger partial charge < -0.3 is 10.2 Å². The fourth-order valence-electron chi connectivity index (χ4n) is 4.12. The molecule has 1 atom stereocenters. The van der Waals surface area contributed by atoms with E-state index in [1.54, 1.807) is 49.4 Å². The number of carbonyl (C=O) groups is 2. The summed E-state index contributed by atoms with van der Waals surface area (Å²) in [5, 5.41) is 3.55. The Morgan fingerprint density at radius 1 is 0.854 bits per heavy atom. The number of halogens is 2. The Labute approximate surface area is 253 Å². The van der Waals surface area contributed by atoms with Crippen molar-refractivity contribution in [1.29, 1.82) is 0 Å². The lowest BCUT2D eigenvalue weighted by Gasteiger charge is -2.32. The van der Waals surface area contributed by atoms with Gasteiger partial charge in [0.05, 0.1) is 20.6 Å². The van der Waals surface area contributed by atoms with Gasteiger partial charge in [-0.15, -0.1) is 0 Å². The lowest BCUT2D eigenvalue weighted by atomic mass is 10.1. The SMILES string of the molecule is Cc1ccc(S(=O)(=O)N(CC(=O)N(Cc2ccc(Cl)c(Cl)c2)[C@@H](C)C(=O)NCC(C)C)c2ccc(C)c(C)c2)cc1. The number of hydrogen-bond donors (Lipinski definition) is 1. The highest BCUT2D eigenvalue weighted by atomic mass is 35.5. The number of rotatable bonds is 11. The maximum absolute atomic E-state index is 14.0. The van der Waals surface area contributed by atoms with Crippen LogP contribution < -0.4 is 9.62 Å². The summed E-state index contributed by atoms with van der Waals surface area (Å²) >= 11 is 12.3. The van der Waals surface area contributed by atoms with Gasteiger partial charge in [-0.3, -0.25) is 13.9 Å². The second-order valence-corrected chi connectivity index (χ2v) is 13.4. The molecule has 0 fully saturated rings. The molecular weight excluding hydrogens is 581 g/mol. The molecule has 3 aromatic rings. The average Bonchev–Trinajstić information content (AvgIpc) is 2.92. The highest BCUT2D eigenvalue weighted by molar-refractivity contribution is 7.92. The van der Waals surface area contributed by atoms with Gasteiger partial charge in [-0.05, 0) is 86.7 Å². The van der Waals surface area contributed by atoms with Gasteiger partial charge in [-0.25, -0.2) is 8.42 Å². The highest BCUT2D eigenvalue weighted by Crippen LogP contribution is 2.28. The van der Waals surface area contributed by atoms with Gasteiger partial charge in [-0.2, -0.15) is 0 Å². The van der Waals surface area contributed by atoms with Crippen LogP contribution in [0.2, 0.25) is 10.0 Å². The third-order valence-electron chi connectivity index (χ3n) is 6.86. The fraction of sp³-hybridized carbons (Fsp3) is 0.355. The van der Waals surface area contributed by atoms with Crippen molar-refractivity contribution >= 4 is 50.7 Å². The zero-order valence-corrected chi connectivity index (χ0v) is 26.6. The summed E-state index contributed by atoms with van der Waals surface area (Å²) in [6.45, 7) is 11.2. The first kappa shape index (κ1) is 32.4. The van der Waals surface area contributed by atoms with Crippen LogP contribution in [0.3, 0.4) is 0 Å². The lowest BCUT2D eigenvalue weighted by Crippen LogP contribution is -2.51. The Morgan fingerprint density at radius 3 is 2.10 bits per heavy atom. The molecule has 0 heterocycles. The topological polar surface area (TPSA) is 86.8 Å². The van der Waals surface area contributed by atoms with E-state index in [1.807, 2.05) is 40.7 Å². The number of sulfonamides is 1. The van der Waals surface area contributed by atoms with Crippen molar-refractivity contribution in [3.05, 3.63) is 93.0 Å². The van der Waals surface area contributed by atoms with Crippen LogP contribution in [0.4, 0.5) is 5.69 Å². The minimum absolute atomic E-state index is 0.0251. The Kier molecular flexibility index (Phi) is 10.9. The van der Waals surface area contributed by atoms with Gasteiger partial charge in [0.25, 0.3) is 10.0 Å². The first-order valence-corrected chi connectivity index (χ1v) is 15.6. The number of benzene rings is 3. The van der Waals surface area contributed by atoms with Crippen LogP contribution in [0.15, 0.2) is 65.6 Å². The van der Waals surface area contributed by atoms with Crippen molar-refractivity contribution in [3.8, 4) is 0 Å². The van der Waals surface area contributed by atoms with E-state index in [9.17, 15) is 18.0 Å². The van der Waals surface area contributed by atoms with Crippen LogP contribution in [0.5, 0.6) is 0 Å². The summed E-state index contributed by atoms with van der Waals surface area (Å²) in [6, 6.07) is 15.8. The molecule has 0 unspecified atom stereocenters. The quantitative estimate of drug-likeness (QED) is 0.273. The van der Waals surface area contributed by atoms with Gasteiger partial charge in [0.1, 0.15) is 12.6 Å². The number of aryl methyl sites for hydroxylation is 3. The van der Waals surface area contributed by atoms with E-state index in [-0.39, 0.29) is 23.3 Å². The van der Waals surface area contributed by atoms with E-state index in [0.717, 1.165) is 21.0 Å². The molecule has 41 heavy (non-hydrogen) atoms. The Hall–Kier alpha value is -3.07. The average molecular weight is 619 g/mol. The van der Waals surface area contributed by atoms with E-state index >= 15 is 0 Å². The molecule has 0 spiro atoms. The van der Waals surface area contributed by atoms with E-state index in [1.165, 1.54) is 17.0 Å². The summed E-state index contributed by atoms with van der Waals surface area (Å²) in [6.07, 6.45) is 0. The van der Waals surface area contributed by atoms with E-state index in [4.69, 9.17) is 23.2 Å². The number of hydrogen-bond acceptors (Lipinski definition) is 4. The molecule has 10 heteroatoms. The van der Waals surface area contributed by atoms with Crippen LogP contribution >= 0.6 is 23.2 Å².